The Hall–Kier alpha value is -2.15. The van der Waals surface area contributed by atoms with Gasteiger partial charge >= 0.3 is 0 Å². The van der Waals surface area contributed by atoms with Gasteiger partial charge in [0.2, 0.25) is 0 Å². The lowest BCUT2D eigenvalue weighted by atomic mass is 9.90. The first kappa shape index (κ1) is 12.9. The SMILES string of the molecule is C[C@@H](CCc1cccnc1)c1cccc2ccccc12. The second-order valence-corrected chi connectivity index (χ2v) is 5.37. The Kier molecular flexibility index (Phi) is 3.78. The number of benzene rings is 2. The van der Waals surface area contributed by atoms with Gasteiger partial charge in [0.1, 0.15) is 0 Å². The number of aromatic nitrogens is 1. The first-order valence-corrected chi connectivity index (χ1v) is 7.21. The van der Waals surface area contributed by atoms with Crippen molar-refractivity contribution in [1.82, 2.24) is 4.98 Å². The van der Waals surface area contributed by atoms with Crippen molar-refractivity contribution in [2.24, 2.45) is 0 Å². The van der Waals surface area contributed by atoms with E-state index in [2.05, 4.69) is 60.4 Å². The summed E-state index contributed by atoms with van der Waals surface area (Å²) in [5.74, 6) is 0.557. The largest absolute Gasteiger partial charge is 0.264 e. The molecule has 0 aliphatic heterocycles. The van der Waals surface area contributed by atoms with Crippen LogP contribution in [-0.2, 0) is 6.42 Å². The van der Waals surface area contributed by atoms with E-state index in [9.17, 15) is 0 Å². The van der Waals surface area contributed by atoms with Crippen molar-refractivity contribution in [2.75, 3.05) is 0 Å². The summed E-state index contributed by atoms with van der Waals surface area (Å²) in [4.78, 5) is 4.19. The van der Waals surface area contributed by atoms with Gasteiger partial charge in [0.05, 0.1) is 0 Å². The summed E-state index contributed by atoms with van der Waals surface area (Å²) >= 11 is 0. The van der Waals surface area contributed by atoms with Gasteiger partial charge in [0.15, 0.2) is 0 Å². The van der Waals surface area contributed by atoms with Gasteiger partial charge < -0.3 is 0 Å². The highest BCUT2D eigenvalue weighted by atomic mass is 14.6. The van der Waals surface area contributed by atoms with Crippen LogP contribution in [-0.4, -0.2) is 4.98 Å². The van der Waals surface area contributed by atoms with Crippen LogP contribution in [0.4, 0.5) is 0 Å². The first-order valence-electron chi connectivity index (χ1n) is 7.21. The van der Waals surface area contributed by atoms with Gasteiger partial charge in [0, 0.05) is 12.4 Å². The molecule has 20 heavy (non-hydrogen) atoms. The van der Waals surface area contributed by atoms with Crippen LogP contribution in [0.15, 0.2) is 67.0 Å². The minimum Gasteiger partial charge on any atom is -0.264 e. The minimum absolute atomic E-state index is 0.557. The fourth-order valence-electron chi connectivity index (χ4n) is 2.76. The topological polar surface area (TPSA) is 12.9 Å². The second-order valence-electron chi connectivity index (χ2n) is 5.37. The van der Waals surface area contributed by atoms with Gasteiger partial charge in [-0.2, -0.15) is 0 Å². The molecule has 1 aromatic heterocycles. The smallest absolute Gasteiger partial charge is 0.0299 e. The van der Waals surface area contributed by atoms with E-state index in [1.807, 2.05) is 18.5 Å². The van der Waals surface area contributed by atoms with Crippen molar-refractivity contribution < 1.29 is 0 Å². The summed E-state index contributed by atoms with van der Waals surface area (Å²) in [6.07, 6.45) is 6.03. The molecule has 3 rings (SSSR count). The average Bonchev–Trinajstić information content (AvgIpc) is 2.53. The molecule has 0 amide bonds. The van der Waals surface area contributed by atoms with Crippen molar-refractivity contribution in [1.29, 1.82) is 0 Å². The maximum absolute atomic E-state index is 4.19. The summed E-state index contributed by atoms with van der Waals surface area (Å²) in [6.45, 7) is 2.32. The normalized spacial score (nSPS) is 12.4. The maximum Gasteiger partial charge on any atom is 0.0299 e. The number of aryl methyl sites for hydroxylation is 1. The van der Waals surface area contributed by atoms with Crippen LogP contribution in [0.1, 0.15) is 30.4 Å². The highest BCUT2D eigenvalue weighted by Gasteiger charge is 2.09. The zero-order valence-corrected chi connectivity index (χ0v) is 11.8. The van der Waals surface area contributed by atoms with Crippen LogP contribution >= 0.6 is 0 Å². The van der Waals surface area contributed by atoms with E-state index in [0.29, 0.717) is 5.92 Å². The molecule has 0 unspecified atom stereocenters. The number of hydrogen-bond donors (Lipinski definition) is 0. The van der Waals surface area contributed by atoms with Crippen molar-refractivity contribution in [3.8, 4) is 0 Å². The van der Waals surface area contributed by atoms with Gasteiger partial charge in [-0.1, -0.05) is 55.5 Å². The summed E-state index contributed by atoms with van der Waals surface area (Å²) in [5.41, 5.74) is 2.77. The Morgan fingerprint density at radius 1 is 0.950 bits per heavy atom. The van der Waals surface area contributed by atoms with E-state index in [4.69, 9.17) is 0 Å². The molecule has 0 aliphatic carbocycles. The number of fused-ring (bicyclic) bond motifs is 1. The van der Waals surface area contributed by atoms with Gasteiger partial charge in [-0.15, -0.1) is 0 Å². The van der Waals surface area contributed by atoms with Gasteiger partial charge in [-0.25, -0.2) is 0 Å². The molecule has 3 aromatic rings. The number of pyridine rings is 1. The van der Waals surface area contributed by atoms with E-state index in [1.165, 1.54) is 21.9 Å². The summed E-state index contributed by atoms with van der Waals surface area (Å²) in [7, 11) is 0. The van der Waals surface area contributed by atoms with E-state index >= 15 is 0 Å². The van der Waals surface area contributed by atoms with Crippen molar-refractivity contribution in [2.45, 2.75) is 25.7 Å². The summed E-state index contributed by atoms with van der Waals surface area (Å²) in [5, 5.41) is 2.71. The Balaban J connectivity index is 1.80. The van der Waals surface area contributed by atoms with Crippen LogP contribution < -0.4 is 0 Å². The van der Waals surface area contributed by atoms with Crippen molar-refractivity contribution in [3.63, 3.8) is 0 Å². The maximum atomic E-state index is 4.19. The lowest BCUT2D eigenvalue weighted by Gasteiger charge is -2.14. The van der Waals surface area contributed by atoms with E-state index in [1.54, 1.807) is 0 Å². The molecule has 1 heteroatoms. The summed E-state index contributed by atoms with van der Waals surface area (Å²) in [6, 6.07) is 19.4. The molecule has 1 atom stereocenters. The Morgan fingerprint density at radius 3 is 2.65 bits per heavy atom. The fraction of sp³-hybridized carbons (Fsp3) is 0.211. The van der Waals surface area contributed by atoms with Crippen LogP contribution in [0.5, 0.6) is 0 Å². The third kappa shape index (κ3) is 2.72. The number of nitrogens with zero attached hydrogens (tertiary/aromatic N) is 1. The van der Waals surface area contributed by atoms with Crippen LogP contribution in [0.3, 0.4) is 0 Å². The number of rotatable bonds is 4. The first-order chi connectivity index (χ1) is 9.84. The van der Waals surface area contributed by atoms with Gasteiger partial charge in [0.25, 0.3) is 0 Å². The molecule has 0 aliphatic rings. The predicted molar refractivity (Wildman–Crippen MR) is 84.9 cm³/mol. The van der Waals surface area contributed by atoms with E-state index in [0.717, 1.165) is 12.8 Å². The highest BCUT2D eigenvalue weighted by molar-refractivity contribution is 5.86. The van der Waals surface area contributed by atoms with E-state index < -0.39 is 0 Å². The quantitative estimate of drug-likeness (QED) is 0.646. The molecule has 100 valence electrons. The predicted octanol–water partition coefficient (Wildman–Crippen LogP) is 4.97. The fourth-order valence-corrected chi connectivity index (χ4v) is 2.76. The van der Waals surface area contributed by atoms with Crippen LogP contribution in [0, 0.1) is 0 Å². The third-order valence-electron chi connectivity index (χ3n) is 3.94. The molecule has 0 saturated heterocycles. The summed E-state index contributed by atoms with van der Waals surface area (Å²) < 4.78 is 0. The van der Waals surface area contributed by atoms with E-state index in [-0.39, 0.29) is 0 Å². The monoisotopic (exact) mass is 261 g/mol. The third-order valence-corrected chi connectivity index (χ3v) is 3.94. The molecule has 0 bridgehead atoms. The zero-order valence-electron chi connectivity index (χ0n) is 11.8. The molecule has 1 heterocycles. The molecular formula is C19H19N. The minimum atomic E-state index is 0.557. The Labute approximate surface area is 120 Å². The highest BCUT2D eigenvalue weighted by Crippen LogP contribution is 2.28. The lowest BCUT2D eigenvalue weighted by molar-refractivity contribution is 0.683. The lowest BCUT2D eigenvalue weighted by Crippen LogP contribution is -1.97. The molecule has 1 nitrogen and oxygen atoms in total. The molecular weight excluding hydrogens is 242 g/mol. The number of hydrogen-bond acceptors (Lipinski definition) is 1. The molecule has 0 fully saturated rings. The van der Waals surface area contributed by atoms with Gasteiger partial charge in [-0.05, 0) is 46.7 Å². The average molecular weight is 261 g/mol. The standard InChI is InChI=1S/C19H19N/c1-15(11-12-16-6-5-13-20-14-16)18-10-4-8-17-7-2-3-9-19(17)18/h2-10,13-15H,11-12H2,1H3/t15-/m0/s1. The molecule has 0 saturated carbocycles. The van der Waals surface area contributed by atoms with Crippen LogP contribution in [0.2, 0.25) is 0 Å². The van der Waals surface area contributed by atoms with Crippen molar-refractivity contribution >= 4 is 10.8 Å². The molecule has 2 aromatic carbocycles. The van der Waals surface area contributed by atoms with Gasteiger partial charge in [-0.3, -0.25) is 4.98 Å². The second kappa shape index (κ2) is 5.87. The molecule has 0 N–H and O–H groups in total. The molecule has 0 spiro atoms. The van der Waals surface area contributed by atoms with Crippen LogP contribution in [0.25, 0.3) is 10.8 Å². The Morgan fingerprint density at radius 2 is 1.80 bits per heavy atom. The molecule has 0 radical (unpaired) electrons. The van der Waals surface area contributed by atoms with Crippen molar-refractivity contribution in [3.05, 3.63) is 78.1 Å². The zero-order chi connectivity index (χ0) is 13.8. The Bertz CT molecular complexity index is 683.